The van der Waals surface area contributed by atoms with E-state index in [2.05, 4.69) is 41.3 Å². The van der Waals surface area contributed by atoms with E-state index in [0.29, 0.717) is 17.2 Å². The van der Waals surface area contributed by atoms with Crippen molar-refractivity contribution in [1.29, 1.82) is 0 Å². The number of carbonyl (C=O) groups is 1. The Balaban J connectivity index is 1.28. The van der Waals surface area contributed by atoms with Crippen molar-refractivity contribution in [3.05, 3.63) is 105 Å². The van der Waals surface area contributed by atoms with E-state index in [1.807, 2.05) is 42.8 Å². The number of aryl methyl sites for hydroxylation is 2. The summed E-state index contributed by atoms with van der Waals surface area (Å²) < 4.78 is 9.84. The number of hydrogen-bond acceptors (Lipinski definition) is 6. The first-order chi connectivity index (χ1) is 16.9. The molecule has 0 saturated carbocycles. The molecule has 0 unspecified atom stereocenters. The summed E-state index contributed by atoms with van der Waals surface area (Å²) in [6, 6.07) is 17.4. The van der Waals surface area contributed by atoms with Crippen LogP contribution in [0.1, 0.15) is 33.8 Å². The van der Waals surface area contributed by atoms with E-state index in [1.165, 1.54) is 29.0 Å². The van der Waals surface area contributed by atoms with Crippen LogP contribution in [-0.2, 0) is 22.7 Å². The number of fused-ring (bicyclic) bond motifs is 3. The fourth-order valence-corrected chi connectivity index (χ4v) is 5.06. The summed E-state index contributed by atoms with van der Waals surface area (Å²) in [5.74, 6) is -0.506. The Bertz CT molecular complexity index is 1640. The molecule has 0 radical (unpaired) electrons. The van der Waals surface area contributed by atoms with E-state index in [0.717, 1.165) is 32.7 Å². The van der Waals surface area contributed by atoms with Gasteiger partial charge < -0.3 is 4.74 Å². The Morgan fingerprint density at radius 3 is 2.66 bits per heavy atom. The zero-order chi connectivity index (χ0) is 24.5. The maximum Gasteiger partial charge on any atom is 0.331 e. The molecule has 35 heavy (non-hydrogen) atoms. The number of carbonyl (C=O) groups excluding carboxylic acids is 1. The fourth-order valence-electron chi connectivity index (χ4n) is 4.01. The minimum absolute atomic E-state index is 0.0756. The van der Waals surface area contributed by atoms with Crippen LogP contribution >= 0.6 is 11.3 Å². The van der Waals surface area contributed by atoms with Crippen molar-refractivity contribution in [2.24, 2.45) is 0 Å². The highest BCUT2D eigenvalue weighted by Crippen LogP contribution is 2.23. The Morgan fingerprint density at radius 1 is 1.09 bits per heavy atom. The van der Waals surface area contributed by atoms with Crippen LogP contribution in [0.25, 0.3) is 21.3 Å². The molecule has 5 rings (SSSR count). The lowest BCUT2D eigenvalue weighted by Crippen LogP contribution is -2.15. The van der Waals surface area contributed by atoms with Crippen molar-refractivity contribution in [2.75, 3.05) is 0 Å². The number of hydrogen-bond donors (Lipinski definition) is 0. The van der Waals surface area contributed by atoms with Crippen LogP contribution in [0.15, 0.2) is 65.5 Å². The van der Waals surface area contributed by atoms with Crippen LogP contribution in [0.5, 0.6) is 0 Å². The first kappa shape index (κ1) is 22.7. The van der Waals surface area contributed by atoms with E-state index >= 15 is 0 Å². The number of ether oxygens (including phenoxy) is 1. The van der Waals surface area contributed by atoms with Gasteiger partial charge in [0.1, 0.15) is 6.61 Å². The van der Waals surface area contributed by atoms with Crippen molar-refractivity contribution in [3.8, 4) is 0 Å². The quantitative estimate of drug-likeness (QED) is 0.255. The topological polar surface area (TPSA) is 78.5 Å². The van der Waals surface area contributed by atoms with Crippen LogP contribution in [-0.4, -0.2) is 25.1 Å². The third-order valence-electron chi connectivity index (χ3n) is 5.89. The molecule has 0 N–H and O–H groups in total. The molecular weight excluding hydrogens is 460 g/mol. The molecule has 7 nitrogen and oxygen atoms in total. The van der Waals surface area contributed by atoms with Crippen LogP contribution in [0.2, 0.25) is 0 Å². The van der Waals surface area contributed by atoms with E-state index in [1.54, 1.807) is 10.5 Å². The first-order valence-corrected chi connectivity index (χ1v) is 12.1. The second-order valence-corrected chi connectivity index (χ2v) is 9.45. The Hall–Kier alpha value is -4.04. The van der Waals surface area contributed by atoms with Gasteiger partial charge >= 0.3 is 5.97 Å². The maximum absolute atomic E-state index is 12.6. The average Bonchev–Trinajstić information content (AvgIpc) is 3.34. The number of benzene rings is 2. The van der Waals surface area contributed by atoms with Gasteiger partial charge in [-0.1, -0.05) is 53.3 Å². The number of esters is 1. The van der Waals surface area contributed by atoms with Crippen molar-refractivity contribution >= 4 is 38.6 Å². The highest BCUT2D eigenvalue weighted by Gasteiger charge is 2.12. The Kier molecular flexibility index (Phi) is 6.05. The summed E-state index contributed by atoms with van der Waals surface area (Å²) in [6.07, 6.45) is 3.11. The SMILES string of the molecule is Cc1ccc(Cn2nc(C)c(C=CC(=O)OCc3cc(=O)n4c(n3)sc3ccccc34)c2C)cc1. The molecule has 2 aromatic carbocycles. The highest BCUT2D eigenvalue weighted by atomic mass is 32.1. The number of rotatable bonds is 6. The standard InChI is InChI=1S/C27H24N4O3S/c1-17-8-10-20(11-9-17)15-30-19(3)22(18(2)29-30)12-13-26(33)34-16-21-14-25(32)31-23-6-4-5-7-24(23)35-27(31)28-21/h4-14H,15-16H2,1-3H3. The van der Waals surface area contributed by atoms with Gasteiger partial charge in [0.2, 0.25) is 0 Å². The van der Waals surface area contributed by atoms with Gasteiger partial charge in [0.25, 0.3) is 5.56 Å². The van der Waals surface area contributed by atoms with E-state index in [-0.39, 0.29) is 12.2 Å². The van der Waals surface area contributed by atoms with Gasteiger partial charge in [-0.05, 0) is 44.5 Å². The highest BCUT2D eigenvalue weighted by molar-refractivity contribution is 7.23. The van der Waals surface area contributed by atoms with Gasteiger partial charge in [0.15, 0.2) is 4.96 Å². The molecule has 3 heterocycles. The summed E-state index contributed by atoms with van der Waals surface area (Å²) in [4.78, 5) is 30.1. The molecule has 5 aromatic rings. The smallest absolute Gasteiger partial charge is 0.331 e. The predicted octanol–water partition coefficient (Wildman–Crippen LogP) is 4.84. The second kappa shape index (κ2) is 9.31. The zero-order valence-corrected chi connectivity index (χ0v) is 20.5. The summed E-state index contributed by atoms with van der Waals surface area (Å²) in [6.45, 7) is 6.55. The van der Waals surface area contributed by atoms with Gasteiger partial charge in [0.05, 0.1) is 28.1 Å². The summed E-state index contributed by atoms with van der Waals surface area (Å²) in [5, 5.41) is 4.62. The van der Waals surface area contributed by atoms with Crippen LogP contribution in [0.4, 0.5) is 0 Å². The van der Waals surface area contributed by atoms with E-state index < -0.39 is 5.97 Å². The molecule has 3 aromatic heterocycles. The van der Waals surface area contributed by atoms with Crippen molar-refractivity contribution in [3.63, 3.8) is 0 Å². The molecule has 0 saturated heterocycles. The monoisotopic (exact) mass is 484 g/mol. The molecule has 176 valence electrons. The van der Waals surface area contributed by atoms with E-state index in [4.69, 9.17) is 4.74 Å². The average molecular weight is 485 g/mol. The lowest BCUT2D eigenvalue weighted by molar-refractivity contribution is -0.139. The molecule has 0 amide bonds. The normalized spacial score (nSPS) is 11.6. The molecule has 0 atom stereocenters. The molecule has 0 aliphatic heterocycles. The first-order valence-electron chi connectivity index (χ1n) is 11.2. The van der Waals surface area contributed by atoms with Gasteiger partial charge in [0, 0.05) is 23.4 Å². The lowest BCUT2D eigenvalue weighted by atomic mass is 10.1. The number of para-hydroxylation sites is 1. The molecule has 0 spiro atoms. The molecule has 0 bridgehead atoms. The van der Waals surface area contributed by atoms with Crippen LogP contribution in [0, 0.1) is 20.8 Å². The van der Waals surface area contributed by atoms with Crippen molar-refractivity contribution < 1.29 is 9.53 Å². The molecule has 8 heteroatoms. The van der Waals surface area contributed by atoms with Gasteiger partial charge in [-0.25, -0.2) is 9.78 Å². The molecular formula is C27H24N4O3S. The minimum Gasteiger partial charge on any atom is -0.456 e. The third kappa shape index (κ3) is 4.65. The third-order valence-corrected chi connectivity index (χ3v) is 6.91. The van der Waals surface area contributed by atoms with Crippen LogP contribution < -0.4 is 5.56 Å². The Morgan fingerprint density at radius 2 is 1.86 bits per heavy atom. The molecule has 0 aliphatic rings. The number of thiazole rings is 1. The van der Waals surface area contributed by atoms with Gasteiger partial charge in [-0.2, -0.15) is 5.10 Å². The van der Waals surface area contributed by atoms with Crippen molar-refractivity contribution in [2.45, 2.75) is 33.9 Å². The fraction of sp³-hybridized carbons (Fsp3) is 0.185. The molecule has 0 aliphatic carbocycles. The number of aromatic nitrogens is 4. The van der Waals surface area contributed by atoms with Crippen molar-refractivity contribution in [1.82, 2.24) is 19.2 Å². The molecule has 0 fully saturated rings. The van der Waals surface area contributed by atoms with Gasteiger partial charge in [-0.15, -0.1) is 0 Å². The Labute approximate surface area is 205 Å². The zero-order valence-electron chi connectivity index (χ0n) is 19.7. The van der Waals surface area contributed by atoms with Gasteiger partial charge in [-0.3, -0.25) is 13.9 Å². The predicted molar refractivity (Wildman–Crippen MR) is 138 cm³/mol. The summed E-state index contributed by atoms with van der Waals surface area (Å²) in [5.41, 5.74) is 6.12. The summed E-state index contributed by atoms with van der Waals surface area (Å²) >= 11 is 1.43. The van der Waals surface area contributed by atoms with Crippen LogP contribution in [0.3, 0.4) is 0 Å². The number of nitrogens with zero attached hydrogens (tertiary/aromatic N) is 4. The summed E-state index contributed by atoms with van der Waals surface area (Å²) in [7, 11) is 0. The second-order valence-electron chi connectivity index (χ2n) is 8.44. The van der Waals surface area contributed by atoms with E-state index in [9.17, 15) is 9.59 Å². The largest absolute Gasteiger partial charge is 0.456 e. The lowest BCUT2D eigenvalue weighted by Gasteiger charge is -2.05. The maximum atomic E-state index is 12.6. The minimum atomic E-state index is -0.506.